The van der Waals surface area contributed by atoms with E-state index < -0.39 is 53.1 Å². The van der Waals surface area contributed by atoms with E-state index >= 15 is 0 Å². The first-order valence-electron chi connectivity index (χ1n) is 12.4. The number of amides is 2. The first-order valence-corrected chi connectivity index (χ1v) is 12.4. The second-order valence-corrected chi connectivity index (χ2v) is 9.91. The molecule has 3 rings (SSSR count). The third-order valence-corrected chi connectivity index (χ3v) is 7.25. The number of primary amides is 1. The quantitative estimate of drug-likeness (QED) is 0.172. The number of aliphatic carboxylic acids is 1. The molecule has 37 heavy (non-hydrogen) atoms. The van der Waals surface area contributed by atoms with Gasteiger partial charge in [-0.1, -0.05) is 25.5 Å². The minimum atomic E-state index is -2.17. The van der Waals surface area contributed by atoms with E-state index in [1.807, 2.05) is 12.4 Å². The van der Waals surface area contributed by atoms with Gasteiger partial charge >= 0.3 is 11.9 Å². The number of carbonyl (C=O) groups excluding carboxylic acids is 4. The number of ketones is 1. The van der Waals surface area contributed by atoms with Crippen molar-refractivity contribution in [3.8, 4) is 0 Å². The molecule has 1 unspecified atom stereocenters. The molecule has 202 valence electrons. The van der Waals surface area contributed by atoms with Crippen molar-refractivity contribution >= 4 is 35.2 Å². The maximum Gasteiger partial charge on any atom is 0.341 e. The molecule has 1 aliphatic heterocycles. The molecule has 0 bridgehead atoms. The van der Waals surface area contributed by atoms with Crippen molar-refractivity contribution in [1.29, 1.82) is 0 Å². The van der Waals surface area contributed by atoms with Crippen LogP contribution < -0.4 is 16.6 Å². The number of carboxylic acids is 1. The Labute approximate surface area is 214 Å². The Bertz CT molecular complexity index is 1030. The highest BCUT2D eigenvalue weighted by Crippen LogP contribution is 2.36. The third kappa shape index (κ3) is 6.08. The smallest absolute Gasteiger partial charge is 0.341 e. The van der Waals surface area contributed by atoms with E-state index in [9.17, 15) is 29.1 Å². The normalized spacial score (nSPS) is 24.3. The summed E-state index contributed by atoms with van der Waals surface area (Å²) in [6.07, 6.45) is 3.52. The number of piperidine rings is 1. The SMILES string of the molecule is CC(C[C@@H]1CC(=O)[C@](C)(C(=O)OC2CCCCC2)N(N[C@@H](C(N)=O)C(=O)O)C1=O)c1ccc(NO)cc1. The van der Waals surface area contributed by atoms with Crippen LogP contribution in [0.15, 0.2) is 24.3 Å². The summed E-state index contributed by atoms with van der Waals surface area (Å²) in [5.41, 5.74) is 8.65. The average Bonchev–Trinajstić information content (AvgIpc) is 2.87. The number of hydrogen-bond donors (Lipinski definition) is 5. The molecule has 12 nitrogen and oxygen atoms in total. The van der Waals surface area contributed by atoms with Crippen LogP contribution >= 0.6 is 0 Å². The lowest BCUT2D eigenvalue weighted by Crippen LogP contribution is -2.72. The van der Waals surface area contributed by atoms with Crippen molar-refractivity contribution in [3.63, 3.8) is 0 Å². The van der Waals surface area contributed by atoms with E-state index in [1.165, 1.54) is 6.92 Å². The van der Waals surface area contributed by atoms with Crippen molar-refractivity contribution in [2.24, 2.45) is 11.7 Å². The van der Waals surface area contributed by atoms with E-state index in [4.69, 9.17) is 15.7 Å². The van der Waals surface area contributed by atoms with Gasteiger partial charge in [-0.05, 0) is 62.6 Å². The topological polar surface area (TPSA) is 188 Å². The number of carboxylic acid groups (broad SMARTS) is 1. The number of hydrogen-bond acceptors (Lipinski definition) is 9. The van der Waals surface area contributed by atoms with Crippen LogP contribution in [0.2, 0.25) is 0 Å². The Kier molecular flexibility index (Phi) is 8.87. The highest BCUT2D eigenvalue weighted by Gasteiger charge is 2.57. The highest BCUT2D eigenvalue weighted by molar-refractivity contribution is 6.14. The van der Waals surface area contributed by atoms with Crippen LogP contribution in [-0.2, 0) is 28.7 Å². The second-order valence-electron chi connectivity index (χ2n) is 9.91. The standard InChI is InChI=1S/C25H34N4O8/c1-14(15-8-10-17(28-36)11-9-15)12-16-13-19(30)25(2,24(35)37-18-6-4-3-5-7-18)29(22(16)32)27-20(21(26)31)23(33)34/h8-11,14,16,18,20,27-28,36H,3-7,12-13H2,1-2H3,(H2,26,31)(H,33,34)/t14?,16-,20+,25-/m1/s1. The molecule has 1 aromatic carbocycles. The van der Waals surface area contributed by atoms with Gasteiger partial charge in [0.1, 0.15) is 6.10 Å². The minimum Gasteiger partial charge on any atom is -0.480 e. The van der Waals surface area contributed by atoms with Crippen molar-refractivity contribution in [3.05, 3.63) is 29.8 Å². The van der Waals surface area contributed by atoms with Gasteiger partial charge in [0.15, 0.2) is 5.78 Å². The molecule has 4 atom stereocenters. The maximum absolute atomic E-state index is 13.6. The third-order valence-electron chi connectivity index (χ3n) is 7.25. The van der Waals surface area contributed by atoms with Gasteiger partial charge in [0.05, 0.1) is 5.69 Å². The summed E-state index contributed by atoms with van der Waals surface area (Å²) in [5.74, 6) is -6.38. The largest absolute Gasteiger partial charge is 0.480 e. The van der Waals surface area contributed by atoms with E-state index in [-0.39, 0.29) is 18.8 Å². The summed E-state index contributed by atoms with van der Waals surface area (Å²) in [4.78, 5) is 63.9. The van der Waals surface area contributed by atoms with Gasteiger partial charge in [0.25, 0.3) is 0 Å². The molecule has 1 aliphatic carbocycles. The first-order chi connectivity index (χ1) is 17.5. The fourth-order valence-corrected chi connectivity index (χ4v) is 4.89. The predicted molar refractivity (Wildman–Crippen MR) is 130 cm³/mol. The molecule has 1 saturated carbocycles. The lowest BCUT2D eigenvalue weighted by Gasteiger charge is -2.45. The number of rotatable bonds is 10. The second kappa shape index (κ2) is 11.7. The molecule has 0 aromatic heterocycles. The fourth-order valence-electron chi connectivity index (χ4n) is 4.89. The summed E-state index contributed by atoms with van der Waals surface area (Å²) in [7, 11) is 0. The molecule has 0 spiro atoms. The average molecular weight is 519 g/mol. The van der Waals surface area contributed by atoms with Crippen LogP contribution in [0.25, 0.3) is 0 Å². The zero-order chi connectivity index (χ0) is 27.3. The summed E-state index contributed by atoms with van der Waals surface area (Å²) in [6.45, 7) is 3.05. The van der Waals surface area contributed by atoms with Crippen molar-refractivity contribution < 1.29 is 39.0 Å². The molecular formula is C25H34N4O8. The minimum absolute atomic E-state index is 0.205. The van der Waals surface area contributed by atoms with Gasteiger partial charge in [0, 0.05) is 12.3 Å². The summed E-state index contributed by atoms with van der Waals surface area (Å²) in [5, 5.41) is 19.1. The zero-order valence-corrected chi connectivity index (χ0v) is 20.9. The number of hydrazine groups is 1. The Morgan fingerprint density at radius 3 is 2.32 bits per heavy atom. The maximum atomic E-state index is 13.6. The fraction of sp³-hybridized carbons (Fsp3) is 0.560. The van der Waals surface area contributed by atoms with Crippen molar-refractivity contribution in [2.75, 3.05) is 5.48 Å². The number of esters is 1. The molecule has 2 fully saturated rings. The van der Waals surface area contributed by atoms with Crippen LogP contribution in [0, 0.1) is 5.92 Å². The molecule has 2 amide bonds. The number of nitrogens with two attached hydrogens (primary N) is 1. The Balaban J connectivity index is 1.89. The van der Waals surface area contributed by atoms with Crippen LogP contribution in [-0.4, -0.2) is 62.5 Å². The van der Waals surface area contributed by atoms with E-state index in [0.29, 0.717) is 23.5 Å². The summed E-state index contributed by atoms with van der Waals surface area (Å²) >= 11 is 0. The molecule has 1 aromatic rings. The number of carbonyl (C=O) groups is 5. The van der Waals surface area contributed by atoms with Gasteiger partial charge in [0.2, 0.25) is 23.4 Å². The lowest BCUT2D eigenvalue weighted by atomic mass is 9.78. The Hall–Kier alpha value is -3.51. The van der Waals surface area contributed by atoms with Gasteiger partial charge in [-0.15, -0.1) is 0 Å². The van der Waals surface area contributed by atoms with E-state index in [0.717, 1.165) is 24.8 Å². The van der Waals surface area contributed by atoms with Crippen molar-refractivity contribution in [2.45, 2.75) is 82.4 Å². The number of nitrogens with one attached hydrogen (secondary N) is 2. The van der Waals surface area contributed by atoms with Crippen LogP contribution in [0.5, 0.6) is 0 Å². The van der Waals surface area contributed by atoms with E-state index in [2.05, 4.69) is 5.43 Å². The summed E-state index contributed by atoms with van der Waals surface area (Å²) < 4.78 is 5.61. The van der Waals surface area contributed by atoms with Gasteiger partial charge in [-0.3, -0.25) is 30.1 Å². The Morgan fingerprint density at radius 2 is 1.78 bits per heavy atom. The predicted octanol–water partition coefficient (Wildman–Crippen LogP) is 1.48. The molecule has 12 heteroatoms. The van der Waals surface area contributed by atoms with Crippen LogP contribution in [0.1, 0.15) is 70.3 Å². The van der Waals surface area contributed by atoms with E-state index in [1.54, 1.807) is 24.3 Å². The van der Waals surface area contributed by atoms with Crippen LogP contribution in [0.4, 0.5) is 5.69 Å². The Morgan fingerprint density at radius 1 is 1.16 bits per heavy atom. The number of benzene rings is 1. The lowest BCUT2D eigenvalue weighted by molar-refractivity contribution is -0.184. The summed E-state index contributed by atoms with van der Waals surface area (Å²) in [6, 6.07) is 4.77. The number of Topliss-reactive ketones (excluding diaryl/α,β-unsaturated/α-hetero) is 1. The monoisotopic (exact) mass is 518 g/mol. The molecule has 6 N–H and O–H groups in total. The van der Waals surface area contributed by atoms with Gasteiger partial charge in [-0.25, -0.2) is 15.0 Å². The van der Waals surface area contributed by atoms with Crippen LogP contribution in [0.3, 0.4) is 0 Å². The first kappa shape index (κ1) is 28.1. The number of anilines is 1. The zero-order valence-electron chi connectivity index (χ0n) is 20.9. The van der Waals surface area contributed by atoms with Gasteiger partial charge < -0.3 is 15.6 Å². The number of ether oxygens (including phenoxy) is 1. The molecule has 1 heterocycles. The molecule has 1 saturated heterocycles. The molecule has 2 aliphatic rings. The number of nitrogens with zero attached hydrogens (tertiary/aromatic N) is 1. The van der Waals surface area contributed by atoms with Gasteiger partial charge in [-0.2, -0.15) is 0 Å². The van der Waals surface area contributed by atoms with Crippen molar-refractivity contribution in [1.82, 2.24) is 10.4 Å². The molecule has 0 radical (unpaired) electrons. The molecular weight excluding hydrogens is 484 g/mol. The highest BCUT2D eigenvalue weighted by atomic mass is 16.5.